The number of ether oxygens (including phenoxy) is 1. The fraction of sp³-hybridized carbons (Fsp3) is 0.111. The summed E-state index contributed by atoms with van der Waals surface area (Å²) in [6.45, 7) is 0. The Morgan fingerprint density at radius 1 is 1.57 bits per heavy atom. The maximum atomic E-state index is 10.5. The van der Waals surface area contributed by atoms with Crippen LogP contribution in [0.3, 0.4) is 0 Å². The summed E-state index contributed by atoms with van der Waals surface area (Å²) in [5.41, 5.74) is 6.80. The number of hydrogen-bond acceptors (Lipinski definition) is 5. The summed E-state index contributed by atoms with van der Waals surface area (Å²) in [4.78, 5) is 14.6. The number of furan rings is 1. The number of aldehydes is 1. The summed E-state index contributed by atoms with van der Waals surface area (Å²) in [5, 5.41) is 0. The third-order valence-corrected chi connectivity index (χ3v) is 1.89. The van der Waals surface area contributed by atoms with Crippen LogP contribution >= 0.6 is 0 Å². The fourth-order valence-corrected chi connectivity index (χ4v) is 1.20. The molecule has 0 aromatic carbocycles. The highest BCUT2D eigenvalue weighted by molar-refractivity contribution is 5.96. The van der Waals surface area contributed by atoms with E-state index >= 15 is 0 Å². The minimum atomic E-state index is 0.0979. The molecule has 5 nitrogen and oxygen atoms in total. The molecule has 2 aromatic heterocycles. The van der Waals surface area contributed by atoms with E-state index in [1.54, 1.807) is 12.1 Å². The molecule has 0 amide bonds. The average Bonchev–Trinajstić information content (AvgIpc) is 2.55. The zero-order chi connectivity index (χ0) is 10.1. The van der Waals surface area contributed by atoms with Crippen molar-refractivity contribution in [1.29, 1.82) is 0 Å². The quantitative estimate of drug-likeness (QED) is 0.724. The maximum Gasteiger partial charge on any atom is 0.213 e. The third-order valence-electron chi connectivity index (χ3n) is 1.89. The Labute approximate surface area is 79.5 Å². The van der Waals surface area contributed by atoms with Gasteiger partial charge in [-0.15, -0.1) is 0 Å². The van der Waals surface area contributed by atoms with Crippen molar-refractivity contribution >= 4 is 23.1 Å². The minimum absolute atomic E-state index is 0.0979. The van der Waals surface area contributed by atoms with Gasteiger partial charge in [-0.1, -0.05) is 0 Å². The number of nitrogen functional groups attached to an aromatic ring is 1. The van der Waals surface area contributed by atoms with E-state index in [9.17, 15) is 4.79 Å². The summed E-state index contributed by atoms with van der Waals surface area (Å²) in [5.74, 6) is 0.531. The van der Waals surface area contributed by atoms with Crippen LogP contribution < -0.4 is 10.5 Å². The summed E-state index contributed by atoms with van der Waals surface area (Å²) in [6.07, 6.45) is 0.559. The molecule has 0 radical (unpaired) electrons. The lowest BCUT2D eigenvalue weighted by Crippen LogP contribution is -1.90. The second-order valence-corrected chi connectivity index (χ2v) is 2.70. The molecule has 0 aliphatic rings. The summed E-state index contributed by atoms with van der Waals surface area (Å²) in [7, 11) is 1.51. The number of carbonyl (C=O) groups is 1. The van der Waals surface area contributed by atoms with Crippen molar-refractivity contribution < 1.29 is 13.9 Å². The number of pyridine rings is 1. The Morgan fingerprint density at radius 3 is 3.00 bits per heavy atom. The zero-order valence-corrected chi connectivity index (χ0v) is 7.48. The van der Waals surface area contributed by atoms with E-state index in [1.165, 1.54) is 7.11 Å². The number of hydrogen-bond donors (Lipinski definition) is 1. The van der Waals surface area contributed by atoms with E-state index in [2.05, 4.69) is 4.98 Å². The highest BCUT2D eigenvalue weighted by atomic mass is 16.5. The molecule has 0 unspecified atom stereocenters. The number of methoxy groups -OCH3 is 1. The predicted molar refractivity (Wildman–Crippen MR) is 50.4 cm³/mol. The number of fused-ring (bicyclic) bond motifs is 1. The monoisotopic (exact) mass is 192 g/mol. The van der Waals surface area contributed by atoms with Crippen molar-refractivity contribution in [3.63, 3.8) is 0 Å². The number of nitrogens with zero attached hydrogens (tertiary/aromatic N) is 1. The van der Waals surface area contributed by atoms with Gasteiger partial charge in [0.05, 0.1) is 7.11 Å². The van der Waals surface area contributed by atoms with Gasteiger partial charge in [0.25, 0.3) is 0 Å². The molecule has 14 heavy (non-hydrogen) atoms. The summed E-state index contributed by atoms with van der Waals surface area (Å²) < 4.78 is 10.1. The first kappa shape index (κ1) is 8.55. The molecule has 0 fully saturated rings. The van der Waals surface area contributed by atoms with Gasteiger partial charge >= 0.3 is 0 Å². The topological polar surface area (TPSA) is 78.3 Å². The predicted octanol–water partition coefficient (Wildman–Crippen LogP) is 1.23. The first-order chi connectivity index (χ1) is 6.76. The molecule has 0 saturated heterocycles. The molecule has 2 rings (SSSR count). The van der Waals surface area contributed by atoms with E-state index in [-0.39, 0.29) is 11.4 Å². The van der Waals surface area contributed by atoms with Crippen molar-refractivity contribution in [2.45, 2.75) is 0 Å². The van der Waals surface area contributed by atoms with E-state index in [0.717, 1.165) is 0 Å². The average molecular weight is 192 g/mol. The maximum absolute atomic E-state index is 10.5. The molecule has 0 spiro atoms. The van der Waals surface area contributed by atoms with Crippen LogP contribution in [-0.2, 0) is 0 Å². The molecule has 0 aliphatic carbocycles. The lowest BCUT2D eigenvalue weighted by atomic mass is 10.3. The lowest BCUT2D eigenvalue weighted by molar-refractivity contribution is 0.110. The second-order valence-electron chi connectivity index (χ2n) is 2.70. The minimum Gasteiger partial charge on any atom is -0.481 e. The van der Waals surface area contributed by atoms with Gasteiger partial charge in [0.15, 0.2) is 17.6 Å². The van der Waals surface area contributed by atoms with E-state index in [1.807, 2.05) is 0 Å². The van der Waals surface area contributed by atoms with Gasteiger partial charge in [-0.2, -0.15) is 0 Å². The zero-order valence-electron chi connectivity index (χ0n) is 7.48. The highest BCUT2D eigenvalue weighted by Gasteiger charge is 2.12. The van der Waals surface area contributed by atoms with Gasteiger partial charge in [0, 0.05) is 6.07 Å². The largest absolute Gasteiger partial charge is 0.481 e. The van der Waals surface area contributed by atoms with Crippen LogP contribution in [0.25, 0.3) is 11.1 Å². The number of carbonyl (C=O) groups excluding carboxylic acids is 1. The van der Waals surface area contributed by atoms with Crippen LogP contribution in [0.5, 0.6) is 5.88 Å². The van der Waals surface area contributed by atoms with E-state index in [0.29, 0.717) is 23.3 Å². The Morgan fingerprint density at radius 2 is 2.36 bits per heavy atom. The van der Waals surface area contributed by atoms with Crippen molar-refractivity contribution in [1.82, 2.24) is 4.98 Å². The van der Waals surface area contributed by atoms with Crippen LogP contribution in [0.1, 0.15) is 10.6 Å². The lowest BCUT2D eigenvalue weighted by Gasteiger charge is -1.96. The number of rotatable bonds is 2. The first-order valence-electron chi connectivity index (χ1n) is 3.94. The number of anilines is 1. The van der Waals surface area contributed by atoms with Gasteiger partial charge < -0.3 is 14.9 Å². The standard InChI is InChI=1S/C9H8N2O3/c1-13-7-3-2-5-9(11-7)8(10)6(4-12)14-5/h2-4H,10H2,1H3. The molecule has 5 heteroatoms. The molecule has 2 N–H and O–H groups in total. The Bertz CT molecular complexity index is 490. The van der Waals surface area contributed by atoms with Gasteiger partial charge in [0.1, 0.15) is 11.2 Å². The van der Waals surface area contributed by atoms with Crippen LogP contribution in [-0.4, -0.2) is 18.4 Å². The van der Waals surface area contributed by atoms with Gasteiger partial charge in [-0.05, 0) is 6.07 Å². The van der Waals surface area contributed by atoms with Gasteiger partial charge in [-0.25, -0.2) is 4.98 Å². The van der Waals surface area contributed by atoms with Crippen LogP contribution in [0, 0.1) is 0 Å². The Balaban J connectivity index is 2.74. The van der Waals surface area contributed by atoms with Crippen LogP contribution in [0.15, 0.2) is 16.5 Å². The molecular formula is C9H8N2O3. The Kier molecular flexibility index (Phi) is 1.85. The molecule has 0 saturated carbocycles. The van der Waals surface area contributed by atoms with E-state index in [4.69, 9.17) is 14.9 Å². The van der Waals surface area contributed by atoms with Crippen molar-refractivity contribution in [2.75, 3.05) is 12.8 Å². The SMILES string of the molecule is COc1ccc2oc(C=O)c(N)c2n1. The highest BCUT2D eigenvalue weighted by Crippen LogP contribution is 2.27. The molecule has 0 aliphatic heterocycles. The fourth-order valence-electron chi connectivity index (χ4n) is 1.20. The van der Waals surface area contributed by atoms with Crippen LogP contribution in [0.4, 0.5) is 5.69 Å². The van der Waals surface area contributed by atoms with Gasteiger partial charge in [-0.3, -0.25) is 4.79 Å². The number of aromatic nitrogens is 1. The van der Waals surface area contributed by atoms with Crippen LogP contribution in [0.2, 0.25) is 0 Å². The third kappa shape index (κ3) is 1.10. The van der Waals surface area contributed by atoms with Crippen molar-refractivity contribution in [3.8, 4) is 5.88 Å². The second kappa shape index (κ2) is 3.02. The number of nitrogens with two attached hydrogens (primary N) is 1. The normalized spacial score (nSPS) is 10.4. The molecule has 2 heterocycles. The first-order valence-corrected chi connectivity index (χ1v) is 3.94. The van der Waals surface area contributed by atoms with Crippen molar-refractivity contribution in [2.24, 2.45) is 0 Å². The smallest absolute Gasteiger partial charge is 0.213 e. The summed E-state index contributed by atoms with van der Waals surface area (Å²) >= 11 is 0. The van der Waals surface area contributed by atoms with E-state index < -0.39 is 0 Å². The Hall–Kier alpha value is -2.04. The van der Waals surface area contributed by atoms with Gasteiger partial charge in [0.2, 0.25) is 5.88 Å². The summed E-state index contributed by atoms with van der Waals surface area (Å²) in [6, 6.07) is 3.30. The molecule has 72 valence electrons. The molecule has 0 atom stereocenters. The molecule has 2 aromatic rings. The molecule has 0 bridgehead atoms. The van der Waals surface area contributed by atoms with Crippen molar-refractivity contribution in [3.05, 3.63) is 17.9 Å². The molecular weight excluding hydrogens is 184 g/mol.